The molecule has 31 heavy (non-hydrogen) atoms. The van der Waals surface area contributed by atoms with E-state index in [1.807, 2.05) is 6.07 Å². The molecule has 2 aromatic heterocycles. The Morgan fingerprint density at radius 2 is 2.16 bits per heavy atom. The number of aromatic nitrogens is 1. The van der Waals surface area contributed by atoms with Crippen molar-refractivity contribution in [3.8, 4) is 0 Å². The second-order valence-electron chi connectivity index (χ2n) is 6.65. The van der Waals surface area contributed by atoms with Crippen molar-refractivity contribution in [1.82, 2.24) is 9.88 Å². The third kappa shape index (κ3) is 5.04. The lowest BCUT2D eigenvalue weighted by Gasteiger charge is -2.14. The van der Waals surface area contributed by atoms with Crippen LogP contribution >= 0.6 is 11.8 Å². The number of nitro groups is 1. The summed E-state index contributed by atoms with van der Waals surface area (Å²) >= 11 is 1.28. The minimum atomic E-state index is -0.468. The van der Waals surface area contributed by atoms with Crippen LogP contribution in [-0.2, 0) is 17.8 Å². The van der Waals surface area contributed by atoms with Crippen molar-refractivity contribution in [2.45, 2.75) is 18.2 Å². The number of nitrogens with zero attached hydrogens (tertiary/aromatic N) is 5. The molecular formula is C21H17N5O4S. The van der Waals surface area contributed by atoms with Crippen molar-refractivity contribution in [2.75, 3.05) is 0 Å². The number of thioether (sulfide) groups is 1. The van der Waals surface area contributed by atoms with Gasteiger partial charge in [0.05, 0.1) is 29.2 Å². The molecule has 3 aromatic rings. The number of non-ortho nitro benzene ring substituents is 1. The molecule has 1 aromatic carbocycles. The zero-order chi connectivity index (χ0) is 21.6. The van der Waals surface area contributed by atoms with E-state index < -0.39 is 10.2 Å². The Hall–Kier alpha value is -3.79. The van der Waals surface area contributed by atoms with Gasteiger partial charge in [-0.25, -0.2) is 0 Å². The number of carbonyl (C=O) groups is 1. The van der Waals surface area contributed by atoms with Crippen molar-refractivity contribution in [2.24, 2.45) is 10.2 Å². The monoisotopic (exact) mass is 435 g/mol. The molecule has 0 radical (unpaired) electrons. The molecule has 10 heteroatoms. The SMILES string of the molecule is O=C1[C@@H](Cc2cccc([N+](=O)[O-])c2)S/C(=N\N=C/c2cccnc2)N1Cc1ccco1. The van der Waals surface area contributed by atoms with Crippen LogP contribution < -0.4 is 0 Å². The van der Waals surface area contributed by atoms with Gasteiger partial charge in [0.2, 0.25) is 5.91 Å². The largest absolute Gasteiger partial charge is 0.467 e. The predicted molar refractivity (Wildman–Crippen MR) is 117 cm³/mol. The van der Waals surface area contributed by atoms with Crippen molar-refractivity contribution in [3.05, 3.63) is 94.2 Å². The van der Waals surface area contributed by atoms with Gasteiger partial charge in [0, 0.05) is 30.1 Å². The molecule has 1 amide bonds. The van der Waals surface area contributed by atoms with Crippen LogP contribution in [0.15, 0.2) is 81.8 Å². The minimum Gasteiger partial charge on any atom is -0.467 e. The number of hydrogen-bond acceptors (Lipinski definition) is 8. The van der Waals surface area contributed by atoms with Gasteiger partial charge in [0.1, 0.15) is 5.76 Å². The van der Waals surface area contributed by atoms with Crippen LogP contribution in [0.3, 0.4) is 0 Å². The lowest BCUT2D eigenvalue weighted by Crippen LogP contribution is -2.32. The summed E-state index contributed by atoms with van der Waals surface area (Å²) < 4.78 is 5.38. The first-order chi connectivity index (χ1) is 15.1. The summed E-state index contributed by atoms with van der Waals surface area (Å²) in [5, 5.41) is 19.4. The summed E-state index contributed by atoms with van der Waals surface area (Å²) in [6, 6.07) is 13.5. The van der Waals surface area contributed by atoms with Gasteiger partial charge in [-0.05, 0) is 30.2 Å². The molecule has 1 atom stereocenters. The molecule has 4 rings (SSSR count). The molecule has 0 bridgehead atoms. The Kier molecular flexibility index (Phi) is 6.18. The highest BCUT2D eigenvalue weighted by Gasteiger charge is 2.38. The minimum absolute atomic E-state index is 0.00431. The molecular weight excluding hydrogens is 418 g/mol. The molecule has 1 aliphatic heterocycles. The van der Waals surface area contributed by atoms with E-state index in [-0.39, 0.29) is 18.1 Å². The Labute approximate surface area is 181 Å². The van der Waals surface area contributed by atoms with E-state index in [1.54, 1.807) is 55.2 Å². The highest BCUT2D eigenvalue weighted by molar-refractivity contribution is 8.15. The average molecular weight is 435 g/mol. The molecule has 3 heterocycles. The number of amides is 1. The molecule has 0 spiro atoms. The Morgan fingerprint density at radius 3 is 2.90 bits per heavy atom. The number of rotatable bonds is 7. The average Bonchev–Trinajstić information content (AvgIpc) is 3.39. The fourth-order valence-corrected chi connectivity index (χ4v) is 4.16. The molecule has 0 aliphatic carbocycles. The van der Waals surface area contributed by atoms with Crippen molar-refractivity contribution < 1.29 is 14.1 Å². The van der Waals surface area contributed by atoms with Crippen LogP contribution in [0.1, 0.15) is 16.9 Å². The van der Waals surface area contributed by atoms with E-state index in [1.165, 1.54) is 28.8 Å². The molecule has 156 valence electrons. The van der Waals surface area contributed by atoms with E-state index in [0.29, 0.717) is 22.9 Å². The normalized spacial score (nSPS) is 17.7. The maximum Gasteiger partial charge on any atom is 0.269 e. The van der Waals surface area contributed by atoms with Crippen molar-refractivity contribution in [1.29, 1.82) is 0 Å². The topological polar surface area (TPSA) is 114 Å². The molecule has 0 saturated carbocycles. The van der Waals surface area contributed by atoms with E-state index in [9.17, 15) is 14.9 Å². The van der Waals surface area contributed by atoms with E-state index in [2.05, 4.69) is 15.2 Å². The fourth-order valence-electron chi connectivity index (χ4n) is 3.03. The van der Waals surface area contributed by atoms with Gasteiger partial charge in [-0.2, -0.15) is 5.10 Å². The van der Waals surface area contributed by atoms with E-state index >= 15 is 0 Å². The van der Waals surface area contributed by atoms with Gasteiger partial charge in [-0.1, -0.05) is 30.0 Å². The first-order valence-corrected chi connectivity index (χ1v) is 10.2. The first-order valence-electron chi connectivity index (χ1n) is 9.35. The number of amidine groups is 1. The van der Waals surface area contributed by atoms with Crippen LogP contribution in [0.25, 0.3) is 0 Å². The highest BCUT2D eigenvalue weighted by atomic mass is 32.2. The highest BCUT2D eigenvalue weighted by Crippen LogP contribution is 2.32. The third-order valence-electron chi connectivity index (χ3n) is 4.49. The number of nitro benzene ring substituents is 1. The Balaban J connectivity index is 1.56. The quantitative estimate of drug-likeness (QED) is 0.318. The first kappa shape index (κ1) is 20.5. The lowest BCUT2D eigenvalue weighted by atomic mass is 10.1. The van der Waals surface area contributed by atoms with Crippen molar-refractivity contribution in [3.63, 3.8) is 0 Å². The van der Waals surface area contributed by atoms with E-state index in [0.717, 1.165) is 5.56 Å². The molecule has 1 aliphatic rings. The van der Waals surface area contributed by atoms with Crippen LogP contribution in [0.4, 0.5) is 5.69 Å². The fraction of sp³-hybridized carbons (Fsp3) is 0.143. The molecule has 0 N–H and O–H groups in total. The standard InChI is InChI=1S/C21H17N5O4S/c27-20-19(11-15-4-1-6-17(10-15)26(28)29)31-21(25(20)14-18-7-3-9-30-18)24-23-13-16-5-2-8-22-12-16/h1-10,12-13,19H,11,14H2/b23-13-,24-21-/t19-/m1/s1. The summed E-state index contributed by atoms with van der Waals surface area (Å²) in [5.74, 6) is 0.470. The molecule has 9 nitrogen and oxygen atoms in total. The molecule has 1 fully saturated rings. The summed E-state index contributed by atoms with van der Waals surface area (Å²) in [6.45, 7) is 0.228. The second kappa shape index (κ2) is 9.35. The Bertz CT molecular complexity index is 1130. The zero-order valence-corrected chi connectivity index (χ0v) is 17.0. The summed E-state index contributed by atoms with van der Waals surface area (Å²) in [7, 11) is 0. The van der Waals surface area contributed by atoms with Gasteiger partial charge in [-0.3, -0.25) is 24.8 Å². The predicted octanol–water partition coefficient (Wildman–Crippen LogP) is 3.66. The van der Waals surface area contributed by atoms with Crippen LogP contribution in [0.2, 0.25) is 0 Å². The summed E-state index contributed by atoms with van der Waals surface area (Å²) in [4.78, 5) is 29.2. The van der Waals surface area contributed by atoms with Crippen LogP contribution in [0.5, 0.6) is 0 Å². The maximum absolute atomic E-state index is 13.1. The van der Waals surface area contributed by atoms with Gasteiger partial charge in [-0.15, -0.1) is 5.10 Å². The third-order valence-corrected chi connectivity index (χ3v) is 5.66. The number of furan rings is 1. The van der Waals surface area contributed by atoms with Gasteiger partial charge >= 0.3 is 0 Å². The second-order valence-corrected chi connectivity index (χ2v) is 7.82. The van der Waals surface area contributed by atoms with Gasteiger partial charge in [0.15, 0.2) is 5.17 Å². The molecule has 0 unspecified atom stereocenters. The van der Waals surface area contributed by atoms with Crippen molar-refractivity contribution >= 4 is 34.7 Å². The number of hydrogen-bond donors (Lipinski definition) is 0. The van der Waals surface area contributed by atoms with Gasteiger partial charge < -0.3 is 4.42 Å². The van der Waals surface area contributed by atoms with Crippen LogP contribution in [0, 0.1) is 10.1 Å². The molecule has 1 saturated heterocycles. The number of carbonyl (C=O) groups excluding carboxylic acids is 1. The van der Waals surface area contributed by atoms with Gasteiger partial charge in [0.25, 0.3) is 5.69 Å². The number of benzene rings is 1. The zero-order valence-electron chi connectivity index (χ0n) is 16.2. The maximum atomic E-state index is 13.1. The lowest BCUT2D eigenvalue weighted by molar-refractivity contribution is -0.384. The smallest absolute Gasteiger partial charge is 0.269 e. The summed E-state index contributed by atoms with van der Waals surface area (Å²) in [5.41, 5.74) is 1.49. The number of pyridine rings is 1. The van der Waals surface area contributed by atoms with Crippen LogP contribution in [-0.4, -0.2) is 37.3 Å². The summed E-state index contributed by atoms with van der Waals surface area (Å²) in [6.07, 6.45) is 6.76. The Morgan fingerprint density at radius 1 is 1.26 bits per heavy atom. The van der Waals surface area contributed by atoms with E-state index in [4.69, 9.17) is 4.42 Å².